The second-order valence-corrected chi connectivity index (χ2v) is 6.32. The third kappa shape index (κ3) is 2.62. The van der Waals surface area contributed by atoms with Gasteiger partial charge in [-0.05, 0) is 35.2 Å². The van der Waals surface area contributed by atoms with E-state index >= 15 is 0 Å². The minimum atomic E-state index is -3.12. The lowest BCUT2D eigenvalue weighted by atomic mass is 9.98. The average molecular weight is 260 g/mol. The van der Waals surface area contributed by atoms with Gasteiger partial charge < -0.3 is 0 Å². The van der Waals surface area contributed by atoms with Crippen LogP contribution in [-0.4, -0.2) is 14.7 Å². The molecule has 3 heteroatoms. The Hall–Kier alpha value is -1.61. The molecule has 0 heterocycles. The van der Waals surface area contributed by atoms with Crippen molar-refractivity contribution in [2.45, 2.75) is 18.2 Å². The highest BCUT2D eigenvalue weighted by Gasteiger charge is 2.08. The summed E-state index contributed by atoms with van der Waals surface area (Å²) >= 11 is 0. The Bertz CT molecular complexity index is 640. The summed E-state index contributed by atoms with van der Waals surface area (Å²) in [5, 5.41) is 0. The zero-order chi connectivity index (χ0) is 13.2. The molecule has 18 heavy (non-hydrogen) atoms. The number of benzene rings is 2. The molecule has 0 amide bonds. The predicted molar refractivity (Wildman–Crippen MR) is 74.4 cm³/mol. The first kappa shape index (κ1) is 12.8. The van der Waals surface area contributed by atoms with Crippen LogP contribution in [0.2, 0.25) is 0 Å². The summed E-state index contributed by atoms with van der Waals surface area (Å²) in [5.74, 6) is 0. The normalized spacial score (nSPS) is 11.4. The summed E-state index contributed by atoms with van der Waals surface area (Å²) in [6.45, 7) is 2.11. The van der Waals surface area contributed by atoms with E-state index in [0.717, 1.165) is 12.0 Å². The fraction of sp³-hybridized carbons (Fsp3) is 0.200. The summed E-state index contributed by atoms with van der Waals surface area (Å²) in [6, 6.07) is 15.2. The molecule has 2 nitrogen and oxygen atoms in total. The van der Waals surface area contributed by atoms with E-state index in [1.165, 1.54) is 17.4 Å². The van der Waals surface area contributed by atoms with Gasteiger partial charge >= 0.3 is 0 Å². The first-order valence-corrected chi connectivity index (χ1v) is 7.80. The van der Waals surface area contributed by atoms with Crippen molar-refractivity contribution in [3.8, 4) is 11.1 Å². The van der Waals surface area contributed by atoms with Crippen LogP contribution in [0.15, 0.2) is 53.4 Å². The molecule has 2 aromatic rings. The highest BCUT2D eigenvalue weighted by atomic mass is 32.2. The number of aryl methyl sites for hydroxylation is 1. The van der Waals surface area contributed by atoms with E-state index in [1.807, 2.05) is 24.3 Å². The van der Waals surface area contributed by atoms with Crippen molar-refractivity contribution in [1.29, 1.82) is 0 Å². The number of rotatable bonds is 3. The average Bonchev–Trinajstić information content (AvgIpc) is 2.38. The van der Waals surface area contributed by atoms with Gasteiger partial charge in [-0.25, -0.2) is 8.42 Å². The van der Waals surface area contributed by atoms with Crippen LogP contribution >= 0.6 is 0 Å². The van der Waals surface area contributed by atoms with Gasteiger partial charge in [-0.1, -0.05) is 43.3 Å². The molecule has 0 saturated heterocycles. The molecule has 0 bridgehead atoms. The Morgan fingerprint density at radius 3 is 2.11 bits per heavy atom. The molecule has 0 atom stereocenters. The predicted octanol–water partition coefficient (Wildman–Crippen LogP) is 3.32. The summed E-state index contributed by atoms with van der Waals surface area (Å²) < 4.78 is 22.8. The lowest BCUT2D eigenvalue weighted by Crippen LogP contribution is -1.96. The van der Waals surface area contributed by atoms with E-state index in [2.05, 4.69) is 19.1 Å². The largest absolute Gasteiger partial charge is 0.224 e. The smallest absolute Gasteiger partial charge is 0.175 e. The molecule has 0 unspecified atom stereocenters. The molecule has 2 rings (SSSR count). The van der Waals surface area contributed by atoms with Crippen molar-refractivity contribution in [2.75, 3.05) is 6.26 Å². The maximum atomic E-state index is 11.4. The Kier molecular flexibility index (Phi) is 3.53. The van der Waals surface area contributed by atoms with Crippen LogP contribution in [0.3, 0.4) is 0 Å². The highest BCUT2D eigenvalue weighted by Crippen LogP contribution is 2.25. The van der Waals surface area contributed by atoms with Crippen molar-refractivity contribution in [3.63, 3.8) is 0 Å². The summed E-state index contributed by atoms with van der Waals surface area (Å²) in [6.07, 6.45) is 2.19. The van der Waals surface area contributed by atoms with E-state index in [1.54, 1.807) is 12.1 Å². The van der Waals surface area contributed by atoms with Crippen LogP contribution in [0, 0.1) is 0 Å². The van der Waals surface area contributed by atoms with Crippen LogP contribution in [0.1, 0.15) is 12.5 Å². The Morgan fingerprint density at radius 1 is 0.944 bits per heavy atom. The molecule has 0 aliphatic rings. The second kappa shape index (κ2) is 4.94. The van der Waals surface area contributed by atoms with Gasteiger partial charge in [0.1, 0.15) is 0 Å². The quantitative estimate of drug-likeness (QED) is 0.848. The minimum Gasteiger partial charge on any atom is -0.224 e. The molecule has 0 saturated carbocycles. The topological polar surface area (TPSA) is 34.1 Å². The standard InChI is InChI=1S/C15H16O2S/c1-3-12-6-4-5-7-15(12)13-8-10-14(11-9-13)18(2,16)17/h4-11H,3H2,1-2H3. The fourth-order valence-electron chi connectivity index (χ4n) is 1.99. The number of hydrogen-bond acceptors (Lipinski definition) is 2. The highest BCUT2D eigenvalue weighted by molar-refractivity contribution is 7.90. The van der Waals surface area contributed by atoms with Crippen molar-refractivity contribution < 1.29 is 8.42 Å². The van der Waals surface area contributed by atoms with Crippen LogP contribution in [0.4, 0.5) is 0 Å². The van der Waals surface area contributed by atoms with E-state index in [9.17, 15) is 8.42 Å². The van der Waals surface area contributed by atoms with Gasteiger partial charge in [-0.15, -0.1) is 0 Å². The monoisotopic (exact) mass is 260 g/mol. The van der Waals surface area contributed by atoms with E-state index in [0.29, 0.717) is 4.90 Å². The number of hydrogen-bond donors (Lipinski definition) is 0. The first-order valence-electron chi connectivity index (χ1n) is 5.91. The van der Waals surface area contributed by atoms with E-state index in [-0.39, 0.29) is 0 Å². The first-order chi connectivity index (χ1) is 8.52. The molecule has 0 radical (unpaired) electrons. The summed E-state index contributed by atoms with van der Waals surface area (Å²) in [4.78, 5) is 0.361. The molecule has 0 fully saturated rings. The van der Waals surface area contributed by atoms with Gasteiger partial charge in [0.15, 0.2) is 9.84 Å². The van der Waals surface area contributed by atoms with Gasteiger partial charge in [0.05, 0.1) is 4.90 Å². The minimum absolute atomic E-state index is 0.361. The van der Waals surface area contributed by atoms with Crippen molar-refractivity contribution in [1.82, 2.24) is 0 Å². The molecule has 0 spiro atoms. The molecular weight excluding hydrogens is 244 g/mol. The molecule has 2 aromatic carbocycles. The van der Waals surface area contributed by atoms with Crippen molar-refractivity contribution in [3.05, 3.63) is 54.1 Å². The molecule has 0 N–H and O–H groups in total. The van der Waals surface area contributed by atoms with Gasteiger partial charge in [0, 0.05) is 6.26 Å². The third-order valence-corrected chi connectivity index (χ3v) is 4.12. The molecule has 0 aromatic heterocycles. The van der Waals surface area contributed by atoms with Crippen LogP contribution < -0.4 is 0 Å². The SMILES string of the molecule is CCc1ccccc1-c1ccc(S(C)(=O)=O)cc1. The lowest BCUT2D eigenvalue weighted by Gasteiger charge is -2.08. The van der Waals surface area contributed by atoms with Gasteiger partial charge in [-0.3, -0.25) is 0 Å². The maximum Gasteiger partial charge on any atom is 0.175 e. The van der Waals surface area contributed by atoms with Crippen LogP contribution in [0.5, 0.6) is 0 Å². The van der Waals surface area contributed by atoms with Gasteiger partial charge in [0.2, 0.25) is 0 Å². The third-order valence-electron chi connectivity index (χ3n) is 2.99. The molecule has 0 aliphatic carbocycles. The molecular formula is C15H16O2S. The van der Waals surface area contributed by atoms with Crippen molar-refractivity contribution >= 4 is 9.84 Å². The van der Waals surface area contributed by atoms with E-state index < -0.39 is 9.84 Å². The molecule has 0 aliphatic heterocycles. The Labute approximate surface area is 108 Å². The zero-order valence-corrected chi connectivity index (χ0v) is 11.4. The fourth-order valence-corrected chi connectivity index (χ4v) is 2.62. The maximum absolute atomic E-state index is 11.4. The van der Waals surface area contributed by atoms with Gasteiger partial charge in [-0.2, -0.15) is 0 Å². The Balaban J connectivity index is 2.47. The lowest BCUT2D eigenvalue weighted by molar-refractivity contribution is 0.602. The summed E-state index contributed by atoms with van der Waals surface area (Å²) in [7, 11) is -3.12. The van der Waals surface area contributed by atoms with Crippen molar-refractivity contribution in [2.24, 2.45) is 0 Å². The summed E-state index contributed by atoms with van der Waals surface area (Å²) in [5.41, 5.74) is 3.49. The Morgan fingerprint density at radius 2 is 1.56 bits per heavy atom. The van der Waals surface area contributed by atoms with Gasteiger partial charge in [0.25, 0.3) is 0 Å². The van der Waals surface area contributed by atoms with Crippen LogP contribution in [0.25, 0.3) is 11.1 Å². The van der Waals surface area contributed by atoms with E-state index in [4.69, 9.17) is 0 Å². The van der Waals surface area contributed by atoms with Crippen LogP contribution in [-0.2, 0) is 16.3 Å². The zero-order valence-electron chi connectivity index (χ0n) is 10.6. The number of sulfone groups is 1. The molecule has 94 valence electrons. The second-order valence-electron chi connectivity index (χ2n) is 4.31.